The maximum atomic E-state index is 5.88. The minimum absolute atomic E-state index is 0.296. The maximum absolute atomic E-state index is 5.88. The van der Waals surface area contributed by atoms with Crippen LogP contribution in [0.15, 0.2) is 18.2 Å². The van der Waals surface area contributed by atoms with Crippen molar-refractivity contribution in [1.29, 1.82) is 0 Å². The first-order chi connectivity index (χ1) is 10.2. The molecule has 0 heterocycles. The van der Waals surface area contributed by atoms with Gasteiger partial charge in [0.15, 0.2) is 0 Å². The number of hydrogen-bond acceptors (Lipinski definition) is 2. The molecule has 0 aliphatic carbocycles. The van der Waals surface area contributed by atoms with Crippen LogP contribution in [0.25, 0.3) is 0 Å². The Morgan fingerprint density at radius 2 is 1.76 bits per heavy atom. The molecular weight excluding hydrogens is 258 g/mol. The van der Waals surface area contributed by atoms with Gasteiger partial charge >= 0.3 is 0 Å². The summed E-state index contributed by atoms with van der Waals surface area (Å²) in [4.78, 5) is 0. The molecular formula is C19H33NO. The molecule has 2 nitrogen and oxygen atoms in total. The summed E-state index contributed by atoms with van der Waals surface area (Å²) >= 11 is 0. The number of nitrogens with one attached hydrogen (secondary N) is 1. The third-order valence-corrected chi connectivity index (χ3v) is 4.09. The Hall–Kier alpha value is -0.860. The average Bonchev–Trinajstić information content (AvgIpc) is 2.49. The molecule has 1 unspecified atom stereocenters. The smallest absolute Gasteiger partial charge is 0.0661 e. The van der Waals surface area contributed by atoms with E-state index in [-0.39, 0.29) is 0 Å². The van der Waals surface area contributed by atoms with E-state index in [9.17, 15) is 0 Å². The number of benzene rings is 1. The van der Waals surface area contributed by atoms with Crippen LogP contribution >= 0.6 is 0 Å². The van der Waals surface area contributed by atoms with Gasteiger partial charge in [-0.15, -0.1) is 0 Å². The lowest BCUT2D eigenvalue weighted by atomic mass is 9.99. The van der Waals surface area contributed by atoms with E-state index in [0.29, 0.717) is 6.04 Å². The van der Waals surface area contributed by atoms with Gasteiger partial charge in [0.1, 0.15) is 0 Å². The molecule has 0 aliphatic heterocycles. The standard InChI is InChI=1S/C19H33NO/c1-5-6-7-8-9-10-13-21-15-19(20-4)18-14-16(2)11-12-17(18)3/h11-12,14,19-20H,5-10,13,15H2,1-4H3. The molecule has 0 saturated carbocycles. The lowest BCUT2D eigenvalue weighted by molar-refractivity contribution is 0.109. The molecule has 2 heteroatoms. The van der Waals surface area contributed by atoms with Gasteiger partial charge in [-0.05, 0) is 38.4 Å². The number of hydrogen-bond donors (Lipinski definition) is 1. The number of ether oxygens (including phenoxy) is 1. The molecule has 0 aromatic heterocycles. The van der Waals surface area contributed by atoms with Gasteiger partial charge in [-0.2, -0.15) is 0 Å². The monoisotopic (exact) mass is 291 g/mol. The second-order valence-corrected chi connectivity index (χ2v) is 6.04. The molecule has 1 atom stereocenters. The Labute approximate surface area is 131 Å². The van der Waals surface area contributed by atoms with Crippen LogP contribution in [-0.2, 0) is 4.74 Å². The highest BCUT2D eigenvalue weighted by molar-refractivity contribution is 5.33. The zero-order chi connectivity index (χ0) is 15.5. The van der Waals surface area contributed by atoms with Gasteiger partial charge in [0.2, 0.25) is 0 Å². The predicted octanol–water partition coefficient (Wildman–Crippen LogP) is 4.94. The second kappa shape index (κ2) is 10.8. The predicted molar refractivity (Wildman–Crippen MR) is 91.9 cm³/mol. The minimum atomic E-state index is 0.296. The number of aryl methyl sites for hydroxylation is 2. The molecule has 21 heavy (non-hydrogen) atoms. The largest absolute Gasteiger partial charge is 0.379 e. The summed E-state index contributed by atoms with van der Waals surface area (Å²) in [5, 5.41) is 3.38. The topological polar surface area (TPSA) is 21.3 Å². The zero-order valence-corrected chi connectivity index (χ0v) is 14.4. The van der Waals surface area contributed by atoms with Crippen LogP contribution in [0.2, 0.25) is 0 Å². The molecule has 0 bridgehead atoms. The fraction of sp³-hybridized carbons (Fsp3) is 0.684. The molecule has 0 aliphatic rings. The van der Waals surface area contributed by atoms with E-state index < -0.39 is 0 Å². The van der Waals surface area contributed by atoms with Crippen LogP contribution in [0.3, 0.4) is 0 Å². The van der Waals surface area contributed by atoms with Gasteiger partial charge in [0.25, 0.3) is 0 Å². The summed E-state index contributed by atoms with van der Waals surface area (Å²) in [5.41, 5.74) is 4.01. The van der Waals surface area contributed by atoms with Gasteiger partial charge in [0, 0.05) is 6.61 Å². The first kappa shape index (κ1) is 18.2. The van der Waals surface area contributed by atoms with Crippen LogP contribution in [0, 0.1) is 13.8 Å². The van der Waals surface area contributed by atoms with Crippen molar-refractivity contribution < 1.29 is 4.74 Å². The summed E-state index contributed by atoms with van der Waals surface area (Å²) in [6.45, 7) is 8.22. The molecule has 0 amide bonds. The van der Waals surface area contributed by atoms with Crippen molar-refractivity contribution in [1.82, 2.24) is 5.32 Å². The number of unbranched alkanes of at least 4 members (excludes halogenated alkanes) is 5. The minimum Gasteiger partial charge on any atom is -0.379 e. The van der Waals surface area contributed by atoms with Gasteiger partial charge in [-0.1, -0.05) is 62.8 Å². The fourth-order valence-corrected chi connectivity index (χ4v) is 2.65. The van der Waals surface area contributed by atoms with E-state index >= 15 is 0 Å². The summed E-state index contributed by atoms with van der Waals surface area (Å²) < 4.78 is 5.88. The van der Waals surface area contributed by atoms with Crippen LogP contribution in [0.5, 0.6) is 0 Å². The van der Waals surface area contributed by atoms with Crippen molar-refractivity contribution in [3.05, 3.63) is 34.9 Å². The summed E-state index contributed by atoms with van der Waals surface area (Å²) in [6.07, 6.45) is 7.90. The molecule has 1 aromatic rings. The van der Waals surface area contributed by atoms with Gasteiger partial charge in [-0.3, -0.25) is 0 Å². The van der Waals surface area contributed by atoms with E-state index in [4.69, 9.17) is 4.74 Å². The quantitative estimate of drug-likeness (QED) is 0.583. The van der Waals surface area contributed by atoms with Gasteiger partial charge in [0.05, 0.1) is 12.6 Å². The third kappa shape index (κ3) is 7.10. The second-order valence-electron chi connectivity index (χ2n) is 6.04. The lowest BCUT2D eigenvalue weighted by Gasteiger charge is -2.19. The molecule has 120 valence electrons. The van der Waals surface area contributed by atoms with Crippen molar-refractivity contribution in [2.75, 3.05) is 20.3 Å². The Morgan fingerprint density at radius 1 is 1.05 bits per heavy atom. The van der Waals surface area contributed by atoms with Crippen LogP contribution in [0.4, 0.5) is 0 Å². The Balaban J connectivity index is 2.27. The molecule has 1 rings (SSSR count). The van der Waals surface area contributed by atoms with E-state index in [1.807, 2.05) is 7.05 Å². The SMILES string of the molecule is CCCCCCCCOCC(NC)c1cc(C)ccc1C. The number of rotatable bonds is 11. The van der Waals surface area contributed by atoms with Crippen LogP contribution < -0.4 is 5.32 Å². The van der Waals surface area contributed by atoms with E-state index in [1.165, 1.54) is 55.2 Å². The highest BCUT2D eigenvalue weighted by Crippen LogP contribution is 2.19. The van der Waals surface area contributed by atoms with E-state index in [1.54, 1.807) is 0 Å². The fourth-order valence-electron chi connectivity index (χ4n) is 2.65. The molecule has 0 spiro atoms. The molecule has 0 fully saturated rings. The van der Waals surface area contributed by atoms with Crippen molar-refractivity contribution in [2.45, 2.75) is 65.3 Å². The van der Waals surface area contributed by atoms with Crippen molar-refractivity contribution >= 4 is 0 Å². The van der Waals surface area contributed by atoms with Crippen molar-refractivity contribution in [2.24, 2.45) is 0 Å². The molecule has 0 saturated heterocycles. The van der Waals surface area contributed by atoms with Crippen LogP contribution in [0.1, 0.15) is 68.2 Å². The number of likely N-dealkylation sites (N-methyl/N-ethyl adjacent to an activating group) is 1. The summed E-state index contributed by atoms with van der Waals surface area (Å²) in [5.74, 6) is 0. The van der Waals surface area contributed by atoms with Crippen LogP contribution in [-0.4, -0.2) is 20.3 Å². The summed E-state index contributed by atoms with van der Waals surface area (Å²) in [7, 11) is 2.01. The zero-order valence-electron chi connectivity index (χ0n) is 14.4. The van der Waals surface area contributed by atoms with Gasteiger partial charge < -0.3 is 10.1 Å². The molecule has 1 N–H and O–H groups in total. The average molecular weight is 291 g/mol. The highest BCUT2D eigenvalue weighted by atomic mass is 16.5. The molecule has 1 aromatic carbocycles. The lowest BCUT2D eigenvalue weighted by Crippen LogP contribution is -2.23. The Kier molecular flexibility index (Phi) is 9.36. The maximum Gasteiger partial charge on any atom is 0.0661 e. The van der Waals surface area contributed by atoms with Crippen molar-refractivity contribution in [3.8, 4) is 0 Å². The van der Waals surface area contributed by atoms with Crippen molar-refractivity contribution in [3.63, 3.8) is 0 Å². The highest BCUT2D eigenvalue weighted by Gasteiger charge is 2.12. The normalized spacial score (nSPS) is 12.6. The third-order valence-electron chi connectivity index (χ3n) is 4.09. The van der Waals surface area contributed by atoms with Gasteiger partial charge in [-0.25, -0.2) is 0 Å². The molecule has 0 radical (unpaired) electrons. The first-order valence-corrected chi connectivity index (χ1v) is 8.51. The Bertz CT molecular complexity index is 389. The van der Waals surface area contributed by atoms with E-state index in [0.717, 1.165) is 13.2 Å². The summed E-state index contributed by atoms with van der Waals surface area (Å²) in [6, 6.07) is 6.93. The first-order valence-electron chi connectivity index (χ1n) is 8.51. The Morgan fingerprint density at radius 3 is 2.48 bits per heavy atom. The van der Waals surface area contributed by atoms with E-state index in [2.05, 4.69) is 44.3 Å².